The number of amides is 2. The lowest BCUT2D eigenvalue weighted by Gasteiger charge is -2.11. The monoisotopic (exact) mass is 549 g/mol. The highest BCUT2D eigenvalue weighted by Crippen LogP contribution is 2.24. The molecule has 0 aliphatic carbocycles. The number of hydrogen-bond acceptors (Lipinski definition) is 6. The number of aromatic nitrogens is 2. The molecule has 0 saturated carbocycles. The van der Waals surface area contributed by atoms with Crippen LogP contribution in [0.4, 0.5) is 5.69 Å². The molecule has 184 valence electrons. The molecule has 0 bridgehead atoms. The highest BCUT2D eigenvalue weighted by molar-refractivity contribution is 9.10. The second kappa shape index (κ2) is 11.0. The van der Waals surface area contributed by atoms with Crippen LogP contribution in [0.5, 0.6) is 5.75 Å². The first-order valence-corrected chi connectivity index (χ1v) is 11.8. The molecular formula is C26H24BrN5O4. The summed E-state index contributed by atoms with van der Waals surface area (Å²) in [4.78, 5) is 25.1. The Morgan fingerprint density at radius 2 is 1.94 bits per heavy atom. The van der Waals surface area contributed by atoms with Crippen LogP contribution in [0, 0.1) is 13.8 Å². The topological polar surface area (TPSA) is 111 Å². The Balaban J connectivity index is 1.47. The molecule has 4 aromatic rings. The van der Waals surface area contributed by atoms with E-state index < -0.39 is 11.8 Å². The fourth-order valence-electron chi connectivity index (χ4n) is 3.60. The molecule has 0 aliphatic heterocycles. The summed E-state index contributed by atoms with van der Waals surface area (Å²) in [6.07, 6.45) is 2.95. The van der Waals surface area contributed by atoms with Crippen LogP contribution in [-0.2, 0) is 6.54 Å². The van der Waals surface area contributed by atoms with E-state index in [2.05, 4.69) is 36.9 Å². The number of aryl methyl sites for hydroxylation is 1. The average molecular weight is 550 g/mol. The Morgan fingerprint density at radius 3 is 2.64 bits per heavy atom. The molecule has 2 aromatic heterocycles. The highest BCUT2D eigenvalue weighted by Gasteiger charge is 2.15. The van der Waals surface area contributed by atoms with Gasteiger partial charge < -0.3 is 14.5 Å². The van der Waals surface area contributed by atoms with Crippen LogP contribution in [-0.4, -0.2) is 34.9 Å². The number of carbonyl (C=O) groups is 2. The molecule has 2 aromatic carbocycles. The van der Waals surface area contributed by atoms with E-state index in [1.807, 2.05) is 36.7 Å². The lowest BCUT2D eigenvalue weighted by Crippen LogP contribution is -2.21. The van der Waals surface area contributed by atoms with Crippen molar-refractivity contribution in [2.75, 3.05) is 12.4 Å². The van der Waals surface area contributed by atoms with Crippen molar-refractivity contribution in [2.45, 2.75) is 20.4 Å². The van der Waals surface area contributed by atoms with Gasteiger partial charge in [-0.1, -0.05) is 12.1 Å². The van der Waals surface area contributed by atoms with Gasteiger partial charge in [0.1, 0.15) is 5.75 Å². The number of para-hydroxylation sites is 1. The van der Waals surface area contributed by atoms with Gasteiger partial charge in [-0.3, -0.25) is 14.3 Å². The second-order valence-corrected chi connectivity index (χ2v) is 8.68. The van der Waals surface area contributed by atoms with Crippen molar-refractivity contribution < 1.29 is 18.7 Å². The third kappa shape index (κ3) is 5.55. The minimum atomic E-state index is -0.470. The number of methoxy groups -OCH3 is 1. The van der Waals surface area contributed by atoms with Gasteiger partial charge in [0, 0.05) is 5.56 Å². The Hall–Kier alpha value is -4.18. The summed E-state index contributed by atoms with van der Waals surface area (Å²) in [5.41, 5.74) is 6.73. The van der Waals surface area contributed by atoms with Gasteiger partial charge >= 0.3 is 0 Å². The number of halogens is 1. The van der Waals surface area contributed by atoms with E-state index in [1.165, 1.54) is 6.26 Å². The molecule has 0 saturated heterocycles. The van der Waals surface area contributed by atoms with E-state index >= 15 is 0 Å². The van der Waals surface area contributed by atoms with Crippen molar-refractivity contribution in [3.05, 3.63) is 99.2 Å². The molecule has 36 heavy (non-hydrogen) atoms. The maximum absolute atomic E-state index is 12.8. The normalized spacial score (nSPS) is 11.0. The van der Waals surface area contributed by atoms with Crippen molar-refractivity contribution in [1.82, 2.24) is 15.2 Å². The molecule has 0 aliphatic rings. The lowest BCUT2D eigenvalue weighted by molar-refractivity contribution is 0.0956. The third-order valence-corrected chi connectivity index (χ3v) is 6.61. The van der Waals surface area contributed by atoms with Crippen molar-refractivity contribution in [3.63, 3.8) is 0 Å². The van der Waals surface area contributed by atoms with Crippen LogP contribution >= 0.6 is 15.9 Å². The van der Waals surface area contributed by atoms with Crippen LogP contribution < -0.4 is 15.5 Å². The number of furan rings is 1. The predicted molar refractivity (Wildman–Crippen MR) is 140 cm³/mol. The first-order chi connectivity index (χ1) is 17.4. The summed E-state index contributed by atoms with van der Waals surface area (Å²) >= 11 is 3.55. The number of anilines is 1. The maximum Gasteiger partial charge on any atom is 0.291 e. The SMILES string of the molecule is COc1ccc(/C=N/NC(=O)c2ccccc2NC(=O)c2ccco2)cc1Cn1nc(C)c(Br)c1C. The van der Waals surface area contributed by atoms with Crippen LogP contribution in [0.2, 0.25) is 0 Å². The van der Waals surface area contributed by atoms with Gasteiger partial charge in [-0.2, -0.15) is 10.2 Å². The van der Waals surface area contributed by atoms with Crippen molar-refractivity contribution >= 4 is 39.6 Å². The van der Waals surface area contributed by atoms with Crippen LogP contribution in [0.1, 0.15) is 43.4 Å². The summed E-state index contributed by atoms with van der Waals surface area (Å²) in [6, 6.07) is 15.4. The minimum absolute atomic E-state index is 0.145. The number of nitrogens with one attached hydrogen (secondary N) is 2. The maximum atomic E-state index is 12.8. The molecular weight excluding hydrogens is 526 g/mol. The number of ether oxygens (including phenoxy) is 1. The molecule has 0 spiro atoms. The van der Waals surface area contributed by atoms with Gasteiger partial charge in [-0.15, -0.1) is 0 Å². The van der Waals surface area contributed by atoms with E-state index in [9.17, 15) is 9.59 Å². The van der Waals surface area contributed by atoms with Gasteiger partial charge in [0.2, 0.25) is 0 Å². The smallest absolute Gasteiger partial charge is 0.291 e. The molecule has 2 amide bonds. The largest absolute Gasteiger partial charge is 0.496 e. The van der Waals surface area contributed by atoms with E-state index in [4.69, 9.17) is 9.15 Å². The highest BCUT2D eigenvalue weighted by atomic mass is 79.9. The van der Waals surface area contributed by atoms with E-state index in [0.29, 0.717) is 12.2 Å². The minimum Gasteiger partial charge on any atom is -0.496 e. The summed E-state index contributed by atoms with van der Waals surface area (Å²) in [6.45, 7) is 4.45. The van der Waals surface area contributed by atoms with Gasteiger partial charge in [0.25, 0.3) is 11.8 Å². The standard InChI is InChI=1S/C26H24BrN5O4/c1-16-24(27)17(2)32(31-16)15-19-13-18(10-11-22(19)35-3)14-28-30-25(33)20-7-4-5-8-21(20)29-26(34)23-9-6-12-36-23/h4-14H,15H2,1-3H3,(H,29,34)(H,30,33)/b28-14+. The van der Waals surface area contributed by atoms with Crippen molar-refractivity contribution in [1.29, 1.82) is 0 Å². The van der Waals surface area contributed by atoms with E-state index in [1.54, 1.807) is 49.7 Å². The van der Waals surface area contributed by atoms with E-state index in [0.717, 1.165) is 32.7 Å². The molecule has 10 heteroatoms. The van der Waals surface area contributed by atoms with Crippen molar-refractivity contribution in [2.24, 2.45) is 5.10 Å². The van der Waals surface area contributed by atoms with Crippen molar-refractivity contribution in [3.8, 4) is 5.75 Å². The zero-order valence-corrected chi connectivity index (χ0v) is 21.5. The number of rotatable bonds is 8. The zero-order chi connectivity index (χ0) is 25.7. The first-order valence-electron chi connectivity index (χ1n) is 11.0. The molecule has 4 rings (SSSR count). The summed E-state index contributed by atoms with van der Waals surface area (Å²) in [7, 11) is 1.62. The van der Waals surface area contributed by atoms with Crippen LogP contribution in [0.25, 0.3) is 0 Å². The predicted octanol–water partition coefficient (Wildman–Crippen LogP) is 4.93. The molecule has 2 heterocycles. The van der Waals surface area contributed by atoms with E-state index in [-0.39, 0.29) is 11.3 Å². The molecule has 0 unspecified atom stereocenters. The molecule has 9 nitrogen and oxygen atoms in total. The number of nitrogens with zero attached hydrogens (tertiary/aromatic N) is 3. The fraction of sp³-hybridized carbons (Fsp3) is 0.154. The fourth-order valence-corrected chi connectivity index (χ4v) is 3.88. The molecule has 0 atom stereocenters. The third-order valence-electron chi connectivity index (χ3n) is 5.46. The number of carbonyl (C=O) groups excluding carboxylic acids is 2. The Morgan fingerprint density at radius 1 is 1.14 bits per heavy atom. The van der Waals surface area contributed by atoms with Gasteiger partial charge in [0.05, 0.1) is 53.2 Å². The first kappa shape index (κ1) is 24.9. The summed E-state index contributed by atoms with van der Waals surface area (Å²) in [5, 5.41) is 11.3. The molecule has 2 N–H and O–H groups in total. The lowest BCUT2D eigenvalue weighted by atomic mass is 10.1. The quantitative estimate of drug-likeness (QED) is 0.239. The number of hydrazone groups is 1. The average Bonchev–Trinajstić information content (AvgIpc) is 3.50. The molecule has 0 fully saturated rings. The summed E-state index contributed by atoms with van der Waals surface area (Å²) in [5.74, 6) is -0.0561. The van der Waals surface area contributed by atoms with Crippen LogP contribution in [0.3, 0.4) is 0 Å². The van der Waals surface area contributed by atoms with Crippen LogP contribution in [0.15, 0.2) is 74.9 Å². The summed E-state index contributed by atoms with van der Waals surface area (Å²) < 4.78 is 13.5. The van der Waals surface area contributed by atoms with Gasteiger partial charge in [0.15, 0.2) is 5.76 Å². The number of hydrogen-bond donors (Lipinski definition) is 2. The Labute approximate surface area is 216 Å². The molecule has 0 radical (unpaired) electrons. The Bertz CT molecular complexity index is 1430. The second-order valence-electron chi connectivity index (χ2n) is 7.89. The zero-order valence-electron chi connectivity index (χ0n) is 19.9. The Kier molecular flexibility index (Phi) is 7.65. The van der Waals surface area contributed by atoms with Gasteiger partial charge in [-0.05, 0) is 77.8 Å². The van der Waals surface area contributed by atoms with Gasteiger partial charge in [-0.25, -0.2) is 5.43 Å². The number of benzene rings is 2.